The first kappa shape index (κ1) is 14.1. The fourth-order valence-electron chi connectivity index (χ4n) is 1.38. The molecule has 6 heteroatoms. The molecule has 0 aliphatic carbocycles. The van der Waals surface area contributed by atoms with Crippen molar-refractivity contribution in [3.8, 4) is 0 Å². The van der Waals surface area contributed by atoms with Crippen LogP contribution in [-0.4, -0.2) is 42.6 Å². The number of aromatic nitrogens is 1. The second-order valence-electron chi connectivity index (χ2n) is 3.74. The van der Waals surface area contributed by atoms with E-state index in [0.717, 1.165) is 25.2 Å². The number of rotatable bonds is 7. The first-order chi connectivity index (χ1) is 8.17. The van der Waals surface area contributed by atoms with Crippen molar-refractivity contribution in [1.29, 1.82) is 0 Å². The zero-order valence-electron chi connectivity index (χ0n) is 10.3. The topological polar surface area (TPSA) is 68.5 Å². The standard InChI is InChI=1S/C11H19N3O2S/c1-3-16-11(15)10-13-9(8-17-10)7-14(2)6-4-5-12/h8H,3-7,12H2,1-2H3. The van der Waals surface area contributed by atoms with Gasteiger partial charge in [-0.2, -0.15) is 0 Å². The van der Waals surface area contributed by atoms with Crippen LogP contribution in [0, 0.1) is 0 Å². The monoisotopic (exact) mass is 257 g/mol. The maximum absolute atomic E-state index is 11.4. The van der Waals surface area contributed by atoms with Crippen LogP contribution in [0.5, 0.6) is 0 Å². The van der Waals surface area contributed by atoms with Crippen LogP contribution in [0.3, 0.4) is 0 Å². The number of nitrogens with two attached hydrogens (primary N) is 1. The van der Waals surface area contributed by atoms with Gasteiger partial charge in [0.05, 0.1) is 12.3 Å². The molecular weight excluding hydrogens is 238 g/mol. The normalized spacial score (nSPS) is 10.8. The van der Waals surface area contributed by atoms with Crippen LogP contribution < -0.4 is 5.73 Å². The van der Waals surface area contributed by atoms with Gasteiger partial charge in [0.2, 0.25) is 5.01 Å². The molecule has 0 aliphatic heterocycles. The highest BCUT2D eigenvalue weighted by Gasteiger charge is 2.12. The Morgan fingerprint density at radius 2 is 2.41 bits per heavy atom. The number of thiazole rings is 1. The molecule has 0 spiro atoms. The Labute approximate surface area is 106 Å². The molecule has 5 nitrogen and oxygen atoms in total. The largest absolute Gasteiger partial charge is 0.461 e. The average molecular weight is 257 g/mol. The number of carbonyl (C=O) groups is 1. The lowest BCUT2D eigenvalue weighted by Crippen LogP contribution is -2.21. The summed E-state index contributed by atoms with van der Waals surface area (Å²) in [5.74, 6) is -0.339. The third-order valence-electron chi connectivity index (χ3n) is 2.18. The minimum absolute atomic E-state index is 0.339. The van der Waals surface area contributed by atoms with Crippen LogP contribution in [0.25, 0.3) is 0 Å². The quantitative estimate of drug-likeness (QED) is 0.741. The second kappa shape index (κ2) is 7.37. The summed E-state index contributed by atoms with van der Waals surface area (Å²) in [6, 6.07) is 0. The van der Waals surface area contributed by atoms with Crippen LogP contribution in [0.1, 0.15) is 28.8 Å². The van der Waals surface area contributed by atoms with E-state index in [2.05, 4.69) is 9.88 Å². The Kier molecular flexibility index (Phi) is 6.10. The summed E-state index contributed by atoms with van der Waals surface area (Å²) in [6.07, 6.45) is 0.964. The molecular formula is C11H19N3O2S. The fraction of sp³-hybridized carbons (Fsp3) is 0.636. The first-order valence-corrected chi connectivity index (χ1v) is 6.55. The minimum atomic E-state index is -0.339. The summed E-state index contributed by atoms with van der Waals surface area (Å²) < 4.78 is 4.89. The summed E-state index contributed by atoms with van der Waals surface area (Å²) in [6.45, 7) is 4.52. The van der Waals surface area contributed by atoms with Crippen LogP contribution in [-0.2, 0) is 11.3 Å². The molecule has 0 atom stereocenters. The van der Waals surface area contributed by atoms with Gasteiger partial charge in [-0.1, -0.05) is 0 Å². The van der Waals surface area contributed by atoms with Gasteiger partial charge >= 0.3 is 5.97 Å². The van der Waals surface area contributed by atoms with E-state index in [9.17, 15) is 4.79 Å². The van der Waals surface area contributed by atoms with Crippen molar-refractivity contribution in [2.75, 3.05) is 26.7 Å². The van der Waals surface area contributed by atoms with E-state index in [4.69, 9.17) is 10.5 Å². The summed E-state index contributed by atoms with van der Waals surface area (Å²) in [5.41, 5.74) is 6.35. The number of ether oxygens (including phenoxy) is 1. The molecule has 1 heterocycles. The molecule has 0 saturated heterocycles. The highest BCUT2D eigenvalue weighted by atomic mass is 32.1. The van der Waals surface area contributed by atoms with Gasteiger partial charge in [0.25, 0.3) is 0 Å². The van der Waals surface area contributed by atoms with E-state index in [1.165, 1.54) is 11.3 Å². The lowest BCUT2D eigenvalue weighted by molar-refractivity contribution is 0.0525. The Bertz CT molecular complexity index is 354. The number of hydrogen-bond acceptors (Lipinski definition) is 6. The average Bonchev–Trinajstić information content (AvgIpc) is 2.75. The highest BCUT2D eigenvalue weighted by molar-refractivity contribution is 7.11. The van der Waals surface area contributed by atoms with Gasteiger partial charge in [0.15, 0.2) is 0 Å². The van der Waals surface area contributed by atoms with Crippen molar-refractivity contribution in [2.45, 2.75) is 19.9 Å². The van der Waals surface area contributed by atoms with E-state index < -0.39 is 0 Å². The van der Waals surface area contributed by atoms with Crippen LogP contribution in [0.4, 0.5) is 0 Å². The molecule has 0 amide bonds. The molecule has 1 aromatic rings. The summed E-state index contributed by atoms with van der Waals surface area (Å²) in [4.78, 5) is 17.8. The number of esters is 1. The summed E-state index contributed by atoms with van der Waals surface area (Å²) in [7, 11) is 2.01. The third-order valence-corrected chi connectivity index (χ3v) is 3.05. The third kappa shape index (κ3) is 4.80. The lowest BCUT2D eigenvalue weighted by atomic mass is 10.3. The van der Waals surface area contributed by atoms with E-state index in [0.29, 0.717) is 18.2 Å². The van der Waals surface area contributed by atoms with Crippen molar-refractivity contribution in [2.24, 2.45) is 5.73 Å². The van der Waals surface area contributed by atoms with Crippen LogP contribution in [0.15, 0.2) is 5.38 Å². The van der Waals surface area contributed by atoms with Gasteiger partial charge in [-0.15, -0.1) is 11.3 Å². The maximum atomic E-state index is 11.4. The molecule has 1 aromatic heterocycles. The Hall–Kier alpha value is -0.980. The number of carbonyl (C=O) groups excluding carboxylic acids is 1. The van der Waals surface area contributed by atoms with E-state index in [1.54, 1.807) is 6.92 Å². The van der Waals surface area contributed by atoms with Gasteiger partial charge in [-0.05, 0) is 33.5 Å². The van der Waals surface area contributed by atoms with Crippen LogP contribution in [0.2, 0.25) is 0 Å². The molecule has 0 fully saturated rings. The Balaban J connectivity index is 2.47. The molecule has 1 rings (SSSR count). The molecule has 96 valence electrons. The van der Waals surface area contributed by atoms with Crippen molar-refractivity contribution < 1.29 is 9.53 Å². The van der Waals surface area contributed by atoms with E-state index >= 15 is 0 Å². The second-order valence-corrected chi connectivity index (χ2v) is 4.60. The lowest BCUT2D eigenvalue weighted by Gasteiger charge is -2.13. The van der Waals surface area contributed by atoms with Crippen LogP contribution >= 0.6 is 11.3 Å². The fourth-order valence-corrected chi connectivity index (χ4v) is 2.08. The predicted octanol–water partition coefficient (Wildman–Crippen LogP) is 1.10. The molecule has 0 radical (unpaired) electrons. The molecule has 0 aromatic carbocycles. The van der Waals surface area contributed by atoms with Crippen molar-refractivity contribution in [1.82, 2.24) is 9.88 Å². The number of nitrogens with zero attached hydrogens (tertiary/aromatic N) is 2. The van der Waals surface area contributed by atoms with E-state index in [-0.39, 0.29) is 5.97 Å². The zero-order valence-corrected chi connectivity index (χ0v) is 11.1. The molecule has 17 heavy (non-hydrogen) atoms. The number of hydrogen-bond donors (Lipinski definition) is 1. The van der Waals surface area contributed by atoms with Crippen molar-refractivity contribution in [3.63, 3.8) is 0 Å². The molecule has 0 bridgehead atoms. The molecule has 0 saturated carbocycles. The van der Waals surface area contributed by atoms with Crippen molar-refractivity contribution >= 4 is 17.3 Å². The molecule has 0 aliphatic rings. The smallest absolute Gasteiger partial charge is 0.367 e. The summed E-state index contributed by atoms with van der Waals surface area (Å²) in [5, 5.41) is 2.32. The van der Waals surface area contributed by atoms with Gasteiger partial charge in [-0.25, -0.2) is 9.78 Å². The van der Waals surface area contributed by atoms with Gasteiger partial charge in [0, 0.05) is 11.9 Å². The van der Waals surface area contributed by atoms with Gasteiger partial charge in [0.1, 0.15) is 0 Å². The minimum Gasteiger partial charge on any atom is -0.461 e. The highest BCUT2D eigenvalue weighted by Crippen LogP contribution is 2.12. The Morgan fingerprint density at radius 3 is 3.06 bits per heavy atom. The Morgan fingerprint density at radius 1 is 1.65 bits per heavy atom. The molecule has 0 unspecified atom stereocenters. The van der Waals surface area contributed by atoms with Gasteiger partial charge < -0.3 is 15.4 Å². The molecule has 2 N–H and O–H groups in total. The first-order valence-electron chi connectivity index (χ1n) is 5.67. The van der Waals surface area contributed by atoms with Crippen molar-refractivity contribution in [3.05, 3.63) is 16.1 Å². The predicted molar refractivity (Wildman–Crippen MR) is 68.1 cm³/mol. The summed E-state index contributed by atoms with van der Waals surface area (Å²) >= 11 is 1.33. The zero-order chi connectivity index (χ0) is 12.7. The SMILES string of the molecule is CCOC(=O)c1nc(CN(C)CCCN)cs1. The van der Waals surface area contributed by atoms with Gasteiger partial charge in [-0.3, -0.25) is 0 Å². The maximum Gasteiger partial charge on any atom is 0.367 e. The van der Waals surface area contributed by atoms with E-state index in [1.807, 2.05) is 12.4 Å².